The molecule has 5 nitrogen and oxygen atoms in total. The number of hydrogen-bond acceptors (Lipinski definition) is 3. The maximum absolute atomic E-state index is 12.5. The van der Waals surface area contributed by atoms with E-state index in [4.69, 9.17) is 0 Å². The van der Waals surface area contributed by atoms with Crippen molar-refractivity contribution in [1.82, 2.24) is 9.80 Å². The summed E-state index contributed by atoms with van der Waals surface area (Å²) in [6, 6.07) is 7.00. The number of urea groups is 1. The van der Waals surface area contributed by atoms with Gasteiger partial charge in [-0.2, -0.15) is 13.2 Å². The van der Waals surface area contributed by atoms with Gasteiger partial charge in [0.15, 0.2) is 0 Å². The van der Waals surface area contributed by atoms with Gasteiger partial charge in [-0.25, -0.2) is 4.79 Å². The summed E-state index contributed by atoms with van der Waals surface area (Å²) in [6.07, 6.45) is -4.58. The van der Waals surface area contributed by atoms with Crippen LogP contribution in [0.15, 0.2) is 29.2 Å². The minimum Gasteiger partial charge on any atom is -0.333 e. The molecule has 3 amide bonds. The van der Waals surface area contributed by atoms with Crippen LogP contribution in [0.25, 0.3) is 0 Å². The molecule has 0 bridgehead atoms. The van der Waals surface area contributed by atoms with Gasteiger partial charge in [-0.3, -0.25) is 4.79 Å². The smallest absolute Gasteiger partial charge is 0.333 e. The molecule has 1 aromatic carbocycles. The Morgan fingerprint density at radius 3 is 2.44 bits per heavy atom. The molecule has 2 rings (SSSR count). The van der Waals surface area contributed by atoms with Gasteiger partial charge < -0.3 is 15.1 Å². The van der Waals surface area contributed by atoms with E-state index in [0.717, 1.165) is 15.5 Å². The summed E-state index contributed by atoms with van der Waals surface area (Å²) in [4.78, 5) is 26.9. The van der Waals surface area contributed by atoms with Gasteiger partial charge in [0.2, 0.25) is 0 Å². The summed E-state index contributed by atoms with van der Waals surface area (Å²) in [5.74, 6) is -0.995. The van der Waals surface area contributed by atoms with Crippen LogP contribution in [0.3, 0.4) is 0 Å². The van der Waals surface area contributed by atoms with E-state index in [-0.39, 0.29) is 25.7 Å². The molecule has 9 heteroatoms. The van der Waals surface area contributed by atoms with Crippen LogP contribution in [-0.4, -0.2) is 59.8 Å². The zero-order valence-corrected chi connectivity index (χ0v) is 14.6. The first-order valence-electron chi connectivity index (χ1n) is 7.96. The number of hydrogen-bond donors (Lipinski definition) is 1. The Balaban J connectivity index is 1.98. The van der Waals surface area contributed by atoms with Crippen molar-refractivity contribution in [2.24, 2.45) is 0 Å². The van der Waals surface area contributed by atoms with Crippen molar-refractivity contribution in [1.29, 1.82) is 0 Å². The fourth-order valence-electron chi connectivity index (χ4n) is 2.55. The Morgan fingerprint density at radius 2 is 1.76 bits per heavy atom. The second kappa shape index (κ2) is 8.46. The number of nitrogens with zero attached hydrogens (tertiary/aromatic N) is 2. The number of anilines is 1. The number of para-hydroxylation sites is 1. The molecule has 1 saturated heterocycles. The zero-order valence-electron chi connectivity index (χ0n) is 13.8. The van der Waals surface area contributed by atoms with Crippen LogP contribution in [-0.2, 0) is 4.79 Å². The number of halogens is 3. The molecule has 1 fully saturated rings. The van der Waals surface area contributed by atoms with Crippen molar-refractivity contribution in [2.75, 3.05) is 37.2 Å². The SMILES string of the molecule is CCSc1ccccc1NC(=O)N1CCCN(C(=O)C(F)(F)F)CC1. The number of carbonyl (C=O) groups excluding carboxylic acids is 2. The highest BCUT2D eigenvalue weighted by Crippen LogP contribution is 2.27. The summed E-state index contributed by atoms with van der Waals surface area (Å²) in [5.41, 5.74) is 0.673. The maximum atomic E-state index is 12.5. The lowest BCUT2D eigenvalue weighted by molar-refractivity contribution is -0.185. The van der Waals surface area contributed by atoms with Gasteiger partial charge in [0.1, 0.15) is 0 Å². The maximum Gasteiger partial charge on any atom is 0.471 e. The van der Waals surface area contributed by atoms with Crippen molar-refractivity contribution in [3.63, 3.8) is 0 Å². The Kier molecular flexibility index (Phi) is 6.57. The van der Waals surface area contributed by atoms with Gasteiger partial charge in [0, 0.05) is 31.1 Å². The molecule has 1 aromatic rings. The van der Waals surface area contributed by atoms with Gasteiger partial charge in [-0.05, 0) is 24.3 Å². The fraction of sp³-hybridized carbons (Fsp3) is 0.500. The average molecular weight is 375 g/mol. The zero-order chi connectivity index (χ0) is 18.4. The highest BCUT2D eigenvalue weighted by atomic mass is 32.2. The van der Waals surface area contributed by atoms with Crippen LogP contribution in [0.1, 0.15) is 13.3 Å². The number of amides is 3. The molecule has 25 heavy (non-hydrogen) atoms. The normalized spacial score (nSPS) is 15.7. The van der Waals surface area contributed by atoms with Gasteiger partial charge >= 0.3 is 18.1 Å². The molecule has 1 aliphatic heterocycles. The Bertz CT molecular complexity index is 625. The fourth-order valence-corrected chi connectivity index (χ4v) is 3.31. The van der Waals surface area contributed by atoms with E-state index < -0.39 is 12.1 Å². The topological polar surface area (TPSA) is 52.7 Å². The monoisotopic (exact) mass is 375 g/mol. The Morgan fingerprint density at radius 1 is 1.12 bits per heavy atom. The van der Waals surface area contributed by atoms with E-state index in [1.54, 1.807) is 17.8 Å². The van der Waals surface area contributed by atoms with Crippen molar-refractivity contribution in [3.05, 3.63) is 24.3 Å². The molecular formula is C16H20F3N3O2S. The third-order valence-corrected chi connectivity index (χ3v) is 4.70. The molecule has 0 spiro atoms. The molecule has 0 aliphatic carbocycles. The Labute approximate surface area is 148 Å². The van der Waals surface area contributed by atoms with E-state index in [2.05, 4.69) is 5.32 Å². The minimum atomic E-state index is -4.88. The van der Waals surface area contributed by atoms with Crippen LogP contribution in [0.5, 0.6) is 0 Å². The molecule has 0 unspecified atom stereocenters. The first kappa shape index (κ1) is 19.4. The van der Waals surface area contributed by atoms with Crippen molar-refractivity contribution < 1.29 is 22.8 Å². The second-order valence-electron chi connectivity index (χ2n) is 5.49. The third-order valence-electron chi connectivity index (χ3n) is 3.74. The van der Waals surface area contributed by atoms with E-state index in [0.29, 0.717) is 18.7 Å². The van der Waals surface area contributed by atoms with Crippen LogP contribution in [0.2, 0.25) is 0 Å². The molecule has 1 heterocycles. The summed E-state index contributed by atoms with van der Waals surface area (Å²) in [7, 11) is 0. The van der Waals surface area contributed by atoms with Crippen molar-refractivity contribution >= 4 is 29.4 Å². The van der Waals surface area contributed by atoms with E-state index in [9.17, 15) is 22.8 Å². The van der Waals surface area contributed by atoms with E-state index in [1.165, 1.54) is 4.90 Å². The van der Waals surface area contributed by atoms with Gasteiger partial charge in [0.05, 0.1) is 5.69 Å². The number of nitrogens with one attached hydrogen (secondary N) is 1. The van der Waals surface area contributed by atoms with Crippen LogP contribution in [0, 0.1) is 0 Å². The van der Waals surface area contributed by atoms with Crippen molar-refractivity contribution in [2.45, 2.75) is 24.4 Å². The lowest BCUT2D eigenvalue weighted by Gasteiger charge is -2.23. The predicted octanol–water partition coefficient (Wildman–Crippen LogP) is 3.43. The molecule has 1 N–H and O–H groups in total. The largest absolute Gasteiger partial charge is 0.471 e. The summed E-state index contributed by atoms with van der Waals surface area (Å²) in [6.45, 7) is 2.24. The summed E-state index contributed by atoms with van der Waals surface area (Å²) >= 11 is 1.59. The van der Waals surface area contributed by atoms with Gasteiger partial charge in [-0.15, -0.1) is 11.8 Å². The molecule has 138 valence electrons. The van der Waals surface area contributed by atoms with E-state index in [1.807, 2.05) is 25.1 Å². The molecule has 0 aromatic heterocycles. The Hall–Kier alpha value is -1.90. The number of benzene rings is 1. The quantitative estimate of drug-likeness (QED) is 0.824. The molecule has 0 radical (unpaired) electrons. The lowest BCUT2D eigenvalue weighted by atomic mass is 10.3. The number of alkyl halides is 3. The van der Waals surface area contributed by atoms with Gasteiger partial charge in [0.25, 0.3) is 0 Å². The number of thioether (sulfide) groups is 1. The molecule has 0 saturated carbocycles. The van der Waals surface area contributed by atoms with Gasteiger partial charge in [-0.1, -0.05) is 19.1 Å². The first-order valence-corrected chi connectivity index (χ1v) is 8.95. The number of rotatable bonds is 3. The summed E-state index contributed by atoms with van der Waals surface area (Å²) < 4.78 is 37.6. The number of carbonyl (C=O) groups is 2. The standard InChI is InChI=1S/C16H20F3N3O2S/c1-2-25-13-7-4-3-6-12(13)20-15(24)22-9-5-8-21(10-11-22)14(23)16(17,18)19/h3-4,6-7H,2,5,8-11H2,1H3,(H,20,24). The molecular weight excluding hydrogens is 355 g/mol. The van der Waals surface area contributed by atoms with E-state index >= 15 is 0 Å². The lowest BCUT2D eigenvalue weighted by Crippen LogP contribution is -2.44. The first-order chi connectivity index (χ1) is 11.8. The third kappa shape index (κ3) is 5.29. The van der Waals surface area contributed by atoms with Crippen LogP contribution < -0.4 is 5.32 Å². The second-order valence-corrected chi connectivity index (χ2v) is 6.80. The minimum absolute atomic E-state index is 0.00953. The van der Waals surface area contributed by atoms with Crippen LogP contribution in [0.4, 0.5) is 23.7 Å². The highest BCUT2D eigenvalue weighted by Gasteiger charge is 2.42. The summed E-state index contributed by atoms with van der Waals surface area (Å²) in [5, 5.41) is 2.81. The average Bonchev–Trinajstić information content (AvgIpc) is 2.81. The molecule has 1 aliphatic rings. The molecule has 0 atom stereocenters. The predicted molar refractivity (Wildman–Crippen MR) is 90.7 cm³/mol. The highest BCUT2D eigenvalue weighted by molar-refractivity contribution is 7.99. The van der Waals surface area contributed by atoms with Crippen molar-refractivity contribution in [3.8, 4) is 0 Å². The van der Waals surface area contributed by atoms with Crippen LogP contribution >= 0.6 is 11.8 Å².